The van der Waals surface area contributed by atoms with Gasteiger partial charge in [-0.05, 0) is 33.1 Å². The van der Waals surface area contributed by atoms with Gasteiger partial charge in [0, 0.05) is 19.1 Å². The predicted molar refractivity (Wildman–Crippen MR) is 75.7 cm³/mol. The van der Waals surface area contributed by atoms with Crippen LogP contribution in [0.25, 0.3) is 0 Å². The first-order valence-electron chi connectivity index (χ1n) is 7.29. The standard InChI is InChI=1S/C15H29NO2/c1-4-5-6-7-8-9-14(17)15-12-16(13(2)3)10-11-18-15/h4,13-15,17H,1,5-12H2,2-3H3. The third kappa shape index (κ3) is 5.51. The fraction of sp³-hybridized carbons (Fsp3) is 0.867. The van der Waals surface area contributed by atoms with Crippen molar-refractivity contribution in [2.45, 2.75) is 64.2 Å². The average molecular weight is 255 g/mol. The second-order valence-corrected chi connectivity index (χ2v) is 5.49. The Morgan fingerprint density at radius 2 is 2.17 bits per heavy atom. The summed E-state index contributed by atoms with van der Waals surface area (Å²) in [5.74, 6) is 0. The molecular weight excluding hydrogens is 226 g/mol. The van der Waals surface area contributed by atoms with Crippen molar-refractivity contribution in [2.75, 3.05) is 19.7 Å². The lowest BCUT2D eigenvalue weighted by Crippen LogP contribution is -2.50. The zero-order chi connectivity index (χ0) is 13.4. The number of aliphatic hydroxyl groups is 1. The number of hydrogen-bond acceptors (Lipinski definition) is 3. The molecule has 3 nitrogen and oxygen atoms in total. The highest BCUT2D eigenvalue weighted by atomic mass is 16.5. The normalized spacial score (nSPS) is 23.2. The Labute approximate surface area is 112 Å². The van der Waals surface area contributed by atoms with Gasteiger partial charge in [0.25, 0.3) is 0 Å². The smallest absolute Gasteiger partial charge is 0.0961 e. The minimum atomic E-state index is -0.310. The molecule has 0 aliphatic carbocycles. The molecule has 0 aromatic rings. The van der Waals surface area contributed by atoms with Crippen molar-refractivity contribution in [3.8, 4) is 0 Å². The Balaban J connectivity index is 2.19. The van der Waals surface area contributed by atoms with Crippen LogP contribution in [0.5, 0.6) is 0 Å². The summed E-state index contributed by atoms with van der Waals surface area (Å²) in [6.45, 7) is 10.7. The molecule has 1 aliphatic heterocycles. The summed E-state index contributed by atoms with van der Waals surface area (Å²) in [7, 11) is 0. The summed E-state index contributed by atoms with van der Waals surface area (Å²) in [6, 6.07) is 0.538. The lowest BCUT2D eigenvalue weighted by molar-refractivity contribution is -0.0968. The quantitative estimate of drug-likeness (QED) is 0.534. The van der Waals surface area contributed by atoms with E-state index in [0.717, 1.165) is 39.0 Å². The first-order valence-corrected chi connectivity index (χ1v) is 7.29. The van der Waals surface area contributed by atoms with Crippen molar-refractivity contribution < 1.29 is 9.84 Å². The lowest BCUT2D eigenvalue weighted by Gasteiger charge is -2.37. The van der Waals surface area contributed by atoms with Crippen LogP contribution in [0.3, 0.4) is 0 Å². The second-order valence-electron chi connectivity index (χ2n) is 5.49. The van der Waals surface area contributed by atoms with Crippen LogP contribution < -0.4 is 0 Å². The molecule has 106 valence electrons. The molecule has 1 N–H and O–H groups in total. The van der Waals surface area contributed by atoms with Crippen molar-refractivity contribution in [3.63, 3.8) is 0 Å². The van der Waals surface area contributed by atoms with E-state index in [1.807, 2.05) is 6.08 Å². The molecule has 2 unspecified atom stereocenters. The largest absolute Gasteiger partial charge is 0.390 e. The molecule has 0 bridgehead atoms. The monoisotopic (exact) mass is 255 g/mol. The highest BCUT2D eigenvalue weighted by Gasteiger charge is 2.27. The van der Waals surface area contributed by atoms with Gasteiger partial charge in [0.1, 0.15) is 0 Å². The van der Waals surface area contributed by atoms with E-state index in [-0.39, 0.29) is 12.2 Å². The van der Waals surface area contributed by atoms with E-state index in [2.05, 4.69) is 25.3 Å². The number of nitrogens with zero attached hydrogens (tertiary/aromatic N) is 1. The van der Waals surface area contributed by atoms with Gasteiger partial charge in [-0.1, -0.05) is 18.9 Å². The van der Waals surface area contributed by atoms with Gasteiger partial charge in [-0.15, -0.1) is 6.58 Å². The maximum Gasteiger partial charge on any atom is 0.0961 e. The Hall–Kier alpha value is -0.380. The summed E-state index contributed by atoms with van der Waals surface area (Å²) >= 11 is 0. The minimum absolute atomic E-state index is 0.000513. The molecular formula is C15H29NO2. The first kappa shape index (κ1) is 15.7. The van der Waals surface area contributed by atoms with Crippen LogP contribution >= 0.6 is 0 Å². The summed E-state index contributed by atoms with van der Waals surface area (Å²) in [5, 5.41) is 10.2. The van der Waals surface area contributed by atoms with Crippen molar-refractivity contribution in [1.82, 2.24) is 4.90 Å². The summed E-state index contributed by atoms with van der Waals surface area (Å²) < 4.78 is 5.69. The molecule has 1 aliphatic rings. The number of hydrogen-bond donors (Lipinski definition) is 1. The van der Waals surface area contributed by atoms with E-state index in [0.29, 0.717) is 6.04 Å². The van der Waals surface area contributed by atoms with E-state index in [1.54, 1.807) is 0 Å². The lowest BCUT2D eigenvalue weighted by atomic mass is 10.0. The van der Waals surface area contributed by atoms with Gasteiger partial charge in [0.05, 0.1) is 18.8 Å². The Bertz CT molecular complexity index is 231. The highest BCUT2D eigenvalue weighted by Crippen LogP contribution is 2.16. The topological polar surface area (TPSA) is 32.7 Å². The molecule has 2 atom stereocenters. The third-order valence-electron chi connectivity index (χ3n) is 3.69. The molecule has 18 heavy (non-hydrogen) atoms. The van der Waals surface area contributed by atoms with Crippen molar-refractivity contribution in [3.05, 3.63) is 12.7 Å². The van der Waals surface area contributed by atoms with Gasteiger partial charge in [-0.25, -0.2) is 0 Å². The molecule has 3 heteroatoms. The number of rotatable bonds is 8. The number of allylic oxidation sites excluding steroid dienone is 1. The number of morpholine rings is 1. The SMILES string of the molecule is C=CCCCCCC(O)C1CN(C(C)C)CCO1. The van der Waals surface area contributed by atoms with Crippen LogP contribution in [0.2, 0.25) is 0 Å². The average Bonchev–Trinajstić information content (AvgIpc) is 2.38. The van der Waals surface area contributed by atoms with Crippen LogP contribution in [0.1, 0.15) is 46.0 Å². The molecule has 0 aromatic heterocycles. The summed E-state index contributed by atoms with van der Waals surface area (Å²) in [5.41, 5.74) is 0. The van der Waals surface area contributed by atoms with Crippen molar-refractivity contribution >= 4 is 0 Å². The van der Waals surface area contributed by atoms with Gasteiger partial charge in [0.15, 0.2) is 0 Å². The van der Waals surface area contributed by atoms with Crippen LogP contribution in [0.15, 0.2) is 12.7 Å². The molecule has 1 rings (SSSR count). The van der Waals surface area contributed by atoms with Gasteiger partial charge in [-0.2, -0.15) is 0 Å². The van der Waals surface area contributed by atoms with Crippen molar-refractivity contribution in [2.24, 2.45) is 0 Å². The number of unbranched alkanes of at least 4 members (excludes halogenated alkanes) is 3. The van der Waals surface area contributed by atoms with Crippen LogP contribution in [-0.2, 0) is 4.74 Å². The van der Waals surface area contributed by atoms with E-state index >= 15 is 0 Å². The molecule has 0 spiro atoms. The van der Waals surface area contributed by atoms with E-state index in [1.165, 1.54) is 12.8 Å². The van der Waals surface area contributed by atoms with Crippen LogP contribution in [0, 0.1) is 0 Å². The molecule has 0 radical (unpaired) electrons. The predicted octanol–water partition coefficient (Wildman–Crippen LogP) is 2.59. The summed E-state index contributed by atoms with van der Waals surface area (Å²) in [6.07, 6.45) is 7.02. The van der Waals surface area contributed by atoms with Gasteiger partial charge in [-0.3, -0.25) is 4.90 Å². The second kappa shape index (κ2) is 8.68. The maximum atomic E-state index is 10.2. The Morgan fingerprint density at radius 3 is 2.83 bits per heavy atom. The Morgan fingerprint density at radius 1 is 1.39 bits per heavy atom. The van der Waals surface area contributed by atoms with Crippen LogP contribution in [0.4, 0.5) is 0 Å². The molecule has 0 saturated carbocycles. The number of ether oxygens (including phenoxy) is 1. The number of aliphatic hydroxyl groups excluding tert-OH is 1. The first-order chi connectivity index (χ1) is 8.65. The minimum Gasteiger partial charge on any atom is -0.390 e. The van der Waals surface area contributed by atoms with Gasteiger partial charge in [0.2, 0.25) is 0 Å². The Kier molecular flexibility index (Phi) is 7.56. The van der Waals surface area contributed by atoms with Gasteiger partial charge < -0.3 is 9.84 Å². The fourth-order valence-corrected chi connectivity index (χ4v) is 2.40. The molecule has 1 saturated heterocycles. The maximum absolute atomic E-state index is 10.2. The van der Waals surface area contributed by atoms with Gasteiger partial charge >= 0.3 is 0 Å². The van der Waals surface area contributed by atoms with Crippen molar-refractivity contribution in [1.29, 1.82) is 0 Å². The zero-order valence-electron chi connectivity index (χ0n) is 12.0. The third-order valence-corrected chi connectivity index (χ3v) is 3.69. The highest BCUT2D eigenvalue weighted by molar-refractivity contribution is 4.79. The molecule has 1 heterocycles. The van der Waals surface area contributed by atoms with E-state index < -0.39 is 0 Å². The zero-order valence-corrected chi connectivity index (χ0v) is 12.0. The summed E-state index contributed by atoms with van der Waals surface area (Å²) in [4.78, 5) is 2.38. The molecule has 0 aromatic carbocycles. The fourth-order valence-electron chi connectivity index (χ4n) is 2.40. The molecule has 0 amide bonds. The van der Waals surface area contributed by atoms with Crippen LogP contribution in [-0.4, -0.2) is 48.0 Å². The molecule has 1 fully saturated rings. The van der Waals surface area contributed by atoms with E-state index in [4.69, 9.17) is 4.74 Å². The van der Waals surface area contributed by atoms with E-state index in [9.17, 15) is 5.11 Å².